The van der Waals surface area contributed by atoms with Crippen LogP contribution >= 0.6 is 23.4 Å². The van der Waals surface area contributed by atoms with Crippen LogP contribution in [0.25, 0.3) is 0 Å². The van der Waals surface area contributed by atoms with Gasteiger partial charge in [-0.1, -0.05) is 65.8 Å². The average molecular weight is 533 g/mol. The van der Waals surface area contributed by atoms with Crippen molar-refractivity contribution in [2.45, 2.75) is 31.2 Å². The van der Waals surface area contributed by atoms with Crippen LogP contribution in [0, 0.1) is 0 Å². The molecule has 0 aliphatic carbocycles. The number of thioether (sulfide) groups is 1. The molecule has 0 spiro atoms. The van der Waals surface area contributed by atoms with E-state index in [1.54, 1.807) is 12.0 Å². The Balaban J connectivity index is 1.27. The Morgan fingerprint density at radius 2 is 1.84 bits per heavy atom. The van der Waals surface area contributed by atoms with E-state index in [4.69, 9.17) is 26.3 Å². The third kappa shape index (κ3) is 5.55. The van der Waals surface area contributed by atoms with Gasteiger partial charge in [0.2, 0.25) is 5.91 Å². The zero-order valence-electron chi connectivity index (χ0n) is 20.2. The zero-order valence-corrected chi connectivity index (χ0v) is 21.8. The number of para-hydroxylation sites is 2. The van der Waals surface area contributed by atoms with Gasteiger partial charge in [-0.25, -0.2) is 9.89 Å². The van der Waals surface area contributed by atoms with Gasteiger partial charge in [-0.05, 0) is 42.3 Å². The first-order chi connectivity index (χ1) is 18.0. The monoisotopic (exact) mass is 532 g/mol. The molecule has 0 saturated carbocycles. The normalized spacial score (nSPS) is 16.0. The average Bonchev–Trinajstić information content (AvgIpc) is 3.26. The number of fused-ring (bicyclic) bond motifs is 3. The molecular weight excluding hydrogens is 508 g/mol. The minimum Gasteiger partial charge on any atom is -0.496 e. The van der Waals surface area contributed by atoms with E-state index in [0.29, 0.717) is 34.7 Å². The molecule has 2 aliphatic rings. The van der Waals surface area contributed by atoms with Crippen LogP contribution in [-0.2, 0) is 21.9 Å². The van der Waals surface area contributed by atoms with Crippen LogP contribution < -0.4 is 10.1 Å². The van der Waals surface area contributed by atoms with Crippen LogP contribution in [-0.4, -0.2) is 40.9 Å². The number of rotatable bonds is 8. The van der Waals surface area contributed by atoms with E-state index in [1.165, 1.54) is 11.8 Å². The van der Waals surface area contributed by atoms with E-state index in [9.17, 15) is 9.59 Å². The van der Waals surface area contributed by atoms with E-state index >= 15 is 0 Å². The van der Waals surface area contributed by atoms with Crippen molar-refractivity contribution in [3.63, 3.8) is 0 Å². The summed E-state index contributed by atoms with van der Waals surface area (Å²) in [5.74, 6) is 1.64. The second-order valence-corrected chi connectivity index (χ2v) is 9.98. The lowest BCUT2D eigenvalue weighted by molar-refractivity contribution is -0.125. The summed E-state index contributed by atoms with van der Waals surface area (Å²) in [5.41, 5.74) is 3.56. The third-order valence-electron chi connectivity index (χ3n) is 6.14. The number of methoxy groups -OCH3 is 1. The maximum atomic E-state index is 13.4. The number of carbonyl (C=O) groups excluding carboxylic acids is 2. The molecule has 2 amide bonds. The molecule has 1 atom stereocenters. The molecular formula is C28H25ClN4O3S. The highest BCUT2D eigenvalue weighted by molar-refractivity contribution is 8.13. The number of nitrogens with one attached hydrogen (secondary N) is 1. The summed E-state index contributed by atoms with van der Waals surface area (Å²) in [4.78, 5) is 37.1. The Kier molecular flexibility index (Phi) is 7.58. The first-order valence-electron chi connectivity index (χ1n) is 11.9. The van der Waals surface area contributed by atoms with Gasteiger partial charge in [0.25, 0.3) is 5.91 Å². The van der Waals surface area contributed by atoms with Gasteiger partial charge >= 0.3 is 0 Å². The lowest BCUT2D eigenvalue weighted by Gasteiger charge is -2.25. The number of aliphatic imine (C=N–C) groups is 2. The number of benzene rings is 3. The Morgan fingerprint density at radius 1 is 1.08 bits per heavy atom. The molecule has 2 heterocycles. The van der Waals surface area contributed by atoms with E-state index in [1.807, 2.05) is 72.8 Å². The van der Waals surface area contributed by atoms with E-state index in [-0.39, 0.29) is 18.2 Å². The molecule has 3 aromatic carbocycles. The minimum atomic E-state index is -0.639. The summed E-state index contributed by atoms with van der Waals surface area (Å²) in [6, 6.07) is 22.2. The van der Waals surface area contributed by atoms with Crippen molar-refractivity contribution in [2.75, 3.05) is 7.11 Å². The molecule has 0 radical (unpaired) electrons. The van der Waals surface area contributed by atoms with Crippen LogP contribution in [0.4, 0.5) is 5.69 Å². The van der Waals surface area contributed by atoms with Crippen LogP contribution in [0.1, 0.15) is 29.5 Å². The fourth-order valence-electron chi connectivity index (χ4n) is 4.21. The standard InChI is InChI=1S/C28H25ClN4O3S/c1-36-24-9-5-2-6-19(24)16-30-25(34)15-14-23-27(35)33-26(31-23)21-7-3-4-8-22(21)32-28(33)37-17-18-10-12-20(29)13-11-18/h2-13,23H,14-17H2,1H3,(H,30,34)/t23-/m1/s1. The lowest BCUT2D eigenvalue weighted by atomic mass is 10.1. The minimum absolute atomic E-state index is 0.143. The van der Waals surface area contributed by atoms with Gasteiger partial charge in [-0.3, -0.25) is 14.6 Å². The Labute approximate surface area is 224 Å². The first kappa shape index (κ1) is 25.0. The molecule has 3 aromatic rings. The van der Waals surface area contributed by atoms with Crippen molar-refractivity contribution >= 4 is 51.9 Å². The number of amides is 2. The summed E-state index contributed by atoms with van der Waals surface area (Å²) in [6.07, 6.45) is 0.496. The van der Waals surface area contributed by atoms with Gasteiger partial charge in [0, 0.05) is 34.9 Å². The molecule has 5 rings (SSSR count). The Hall–Kier alpha value is -3.62. The highest BCUT2D eigenvalue weighted by Gasteiger charge is 2.41. The largest absolute Gasteiger partial charge is 0.496 e. The van der Waals surface area contributed by atoms with E-state index in [2.05, 4.69) is 5.32 Å². The van der Waals surface area contributed by atoms with Gasteiger partial charge in [-0.15, -0.1) is 0 Å². The molecule has 0 aromatic heterocycles. The number of hydrogen-bond acceptors (Lipinski definition) is 6. The molecule has 188 valence electrons. The first-order valence-corrected chi connectivity index (χ1v) is 13.3. The molecule has 37 heavy (non-hydrogen) atoms. The van der Waals surface area contributed by atoms with Crippen molar-refractivity contribution < 1.29 is 14.3 Å². The number of hydrogen-bond donors (Lipinski definition) is 1. The Bertz CT molecular complexity index is 1390. The van der Waals surface area contributed by atoms with Gasteiger partial charge < -0.3 is 10.1 Å². The summed E-state index contributed by atoms with van der Waals surface area (Å²) in [5, 5.41) is 4.17. The smallest absolute Gasteiger partial charge is 0.259 e. The lowest BCUT2D eigenvalue weighted by Crippen LogP contribution is -2.41. The number of ether oxygens (including phenoxy) is 1. The number of amidine groups is 2. The summed E-state index contributed by atoms with van der Waals surface area (Å²) < 4.78 is 5.34. The highest BCUT2D eigenvalue weighted by atomic mass is 35.5. The molecule has 0 saturated heterocycles. The fourth-order valence-corrected chi connectivity index (χ4v) is 5.30. The van der Waals surface area contributed by atoms with Crippen molar-refractivity contribution in [3.8, 4) is 5.75 Å². The van der Waals surface area contributed by atoms with Gasteiger partial charge in [0.1, 0.15) is 17.6 Å². The van der Waals surface area contributed by atoms with E-state index in [0.717, 1.165) is 28.1 Å². The van der Waals surface area contributed by atoms with Crippen molar-refractivity contribution in [2.24, 2.45) is 9.98 Å². The predicted molar refractivity (Wildman–Crippen MR) is 148 cm³/mol. The molecule has 0 bridgehead atoms. The Morgan fingerprint density at radius 3 is 2.65 bits per heavy atom. The van der Waals surface area contributed by atoms with Crippen LogP contribution in [0.5, 0.6) is 5.75 Å². The predicted octanol–water partition coefficient (Wildman–Crippen LogP) is 5.34. The summed E-state index contributed by atoms with van der Waals surface area (Å²) >= 11 is 7.48. The topological polar surface area (TPSA) is 83.4 Å². The van der Waals surface area contributed by atoms with Crippen LogP contribution in [0.3, 0.4) is 0 Å². The van der Waals surface area contributed by atoms with Crippen LogP contribution in [0.15, 0.2) is 82.8 Å². The molecule has 0 unspecified atom stereocenters. The fraction of sp³-hybridized carbons (Fsp3) is 0.214. The second-order valence-electron chi connectivity index (χ2n) is 8.60. The maximum Gasteiger partial charge on any atom is 0.259 e. The number of nitrogens with zero attached hydrogens (tertiary/aromatic N) is 3. The molecule has 2 aliphatic heterocycles. The third-order valence-corrected chi connectivity index (χ3v) is 7.40. The van der Waals surface area contributed by atoms with Crippen molar-refractivity contribution in [3.05, 3.63) is 94.5 Å². The number of halogens is 1. The quantitative estimate of drug-likeness (QED) is 0.424. The maximum absolute atomic E-state index is 13.4. The molecule has 9 heteroatoms. The molecule has 7 nitrogen and oxygen atoms in total. The van der Waals surface area contributed by atoms with Crippen LogP contribution in [0.2, 0.25) is 5.02 Å². The molecule has 0 fully saturated rings. The summed E-state index contributed by atoms with van der Waals surface area (Å²) in [6.45, 7) is 0.355. The van der Waals surface area contributed by atoms with Crippen molar-refractivity contribution in [1.29, 1.82) is 0 Å². The van der Waals surface area contributed by atoms with Gasteiger partial charge in [-0.2, -0.15) is 0 Å². The van der Waals surface area contributed by atoms with Gasteiger partial charge in [0.05, 0.1) is 12.8 Å². The van der Waals surface area contributed by atoms with Gasteiger partial charge in [0.15, 0.2) is 5.17 Å². The second kappa shape index (κ2) is 11.2. The van der Waals surface area contributed by atoms with Crippen molar-refractivity contribution in [1.82, 2.24) is 10.2 Å². The number of carbonyl (C=O) groups is 2. The summed E-state index contributed by atoms with van der Waals surface area (Å²) in [7, 11) is 1.60. The SMILES string of the molecule is COc1ccccc1CNC(=O)CC[C@H]1N=C2c3ccccc3N=C(SCc3ccc(Cl)cc3)N2C1=O. The zero-order chi connectivity index (χ0) is 25.8. The van der Waals surface area contributed by atoms with E-state index < -0.39 is 6.04 Å². The molecule has 1 N–H and O–H groups in total. The highest BCUT2D eigenvalue weighted by Crippen LogP contribution is 2.35.